The van der Waals surface area contributed by atoms with Gasteiger partial charge in [-0.15, -0.1) is 0 Å². The summed E-state index contributed by atoms with van der Waals surface area (Å²) in [6, 6.07) is 11.2. The molecule has 0 spiro atoms. The first-order chi connectivity index (χ1) is 12.2. The summed E-state index contributed by atoms with van der Waals surface area (Å²) in [6.07, 6.45) is 3.66. The van der Waals surface area contributed by atoms with E-state index in [0.717, 1.165) is 22.0 Å². The molecule has 2 aromatic carbocycles. The van der Waals surface area contributed by atoms with E-state index in [1.165, 1.54) is 6.08 Å². The number of benzene rings is 2. The van der Waals surface area contributed by atoms with Gasteiger partial charge in [-0.1, -0.05) is 12.6 Å². The van der Waals surface area contributed by atoms with Gasteiger partial charge in [-0.2, -0.15) is 0 Å². The molecule has 0 saturated carbocycles. The van der Waals surface area contributed by atoms with E-state index in [2.05, 4.69) is 22.2 Å². The minimum absolute atomic E-state index is 0.295. The number of fused-ring (bicyclic) bond motifs is 1. The first kappa shape index (κ1) is 16.3. The molecule has 0 fully saturated rings. The maximum atomic E-state index is 11.6. The quantitative estimate of drug-likeness (QED) is 0.476. The monoisotopic (exact) mass is 335 g/mol. The Hall–Kier alpha value is -3.54. The Morgan fingerprint density at radius 3 is 2.80 bits per heavy atom. The largest absolute Gasteiger partial charge is 0.497 e. The average Bonchev–Trinajstić information content (AvgIpc) is 3.11. The Labute approximate surface area is 144 Å². The van der Waals surface area contributed by atoms with Crippen molar-refractivity contribution >= 4 is 34.6 Å². The Balaban J connectivity index is 2.14. The van der Waals surface area contributed by atoms with Crippen LogP contribution < -0.4 is 15.4 Å². The van der Waals surface area contributed by atoms with Crippen molar-refractivity contribution in [1.82, 2.24) is 4.98 Å². The maximum absolute atomic E-state index is 11.6. The SMILES string of the molecule is C=CC(=O)Nc1cc(OC)cc(-c2ccc(NC=O)c3[nH]ccc23)c1. The molecule has 0 saturated heterocycles. The van der Waals surface area contributed by atoms with Gasteiger partial charge in [0, 0.05) is 23.3 Å². The summed E-state index contributed by atoms with van der Waals surface area (Å²) >= 11 is 0. The standard InChI is InChI=1S/C19H17N3O3/c1-3-18(24)22-13-8-12(9-14(10-13)25-2)15-4-5-17(21-11-23)19-16(15)6-7-20-19/h3-11,20H,1H2,2H3,(H,21,23)(H,22,24). The van der Waals surface area contributed by atoms with Crippen LogP contribution in [-0.2, 0) is 9.59 Å². The van der Waals surface area contributed by atoms with Crippen LogP contribution in [0.25, 0.3) is 22.0 Å². The average molecular weight is 335 g/mol. The number of H-pyrrole nitrogens is 1. The van der Waals surface area contributed by atoms with Crippen LogP contribution in [0.3, 0.4) is 0 Å². The van der Waals surface area contributed by atoms with Crippen molar-refractivity contribution in [2.75, 3.05) is 17.7 Å². The Morgan fingerprint density at radius 1 is 1.24 bits per heavy atom. The summed E-state index contributed by atoms with van der Waals surface area (Å²) in [7, 11) is 1.57. The lowest BCUT2D eigenvalue weighted by molar-refractivity contribution is -0.112. The summed E-state index contributed by atoms with van der Waals surface area (Å²) < 4.78 is 5.34. The molecule has 3 N–H and O–H groups in total. The van der Waals surface area contributed by atoms with Gasteiger partial charge in [-0.25, -0.2) is 0 Å². The maximum Gasteiger partial charge on any atom is 0.247 e. The lowest BCUT2D eigenvalue weighted by Crippen LogP contribution is -2.07. The molecule has 6 heteroatoms. The zero-order chi connectivity index (χ0) is 17.8. The fraction of sp³-hybridized carbons (Fsp3) is 0.0526. The summed E-state index contributed by atoms with van der Waals surface area (Å²) in [4.78, 5) is 25.5. The van der Waals surface area contributed by atoms with Crippen molar-refractivity contribution in [3.8, 4) is 16.9 Å². The first-order valence-electron chi connectivity index (χ1n) is 7.59. The molecule has 3 rings (SSSR count). The van der Waals surface area contributed by atoms with Crippen LogP contribution in [-0.4, -0.2) is 24.4 Å². The van der Waals surface area contributed by atoms with Gasteiger partial charge in [0.25, 0.3) is 0 Å². The number of amides is 2. The highest BCUT2D eigenvalue weighted by Crippen LogP contribution is 2.35. The number of carbonyl (C=O) groups is 2. The van der Waals surface area contributed by atoms with Gasteiger partial charge >= 0.3 is 0 Å². The summed E-state index contributed by atoms with van der Waals surface area (Å²) in [5, 5.41) is 6.37. The lowest BCUT2D eigenvalue weighted by atomic mass is 10.00. The molecule has 0 aliphatic heterocycles. The predicted octanol–water partition coefficient (Wildman–Crippen LogP) is 3.54. The van der Waals surface area contributed by atoms with Gasteiger partial charge in [0.1, 0.15) is 5.75 Å². The van der Waals surface area contributed by atoms with Crippen molar-refractivity contribution in [2.45, 2.75) is 0 Å². The van der Waals surface area contributed by atoms with E-state index in [1.54, 1.807) is 13.2 Å². The van der Waals surface area contributed by atoms with Crippen molar-refractivity contribution in [2.24, 2.45) is 0 Å². The number of aromatic amines is 1. The van der Waals surface area contributed by atoms with Gasteiger partial charge in [0.05, 0.1) is 18.3 Å². The van der Waals surface area contributed by atoms with Crippen molar-refractivity contribution < 1.29 is 14.3 Å². The third-order valence-corrected chi connectivity index (χ3v) is 3.84. The van der Waals surface area contributed by atoms with Crippen LogP contribution in [0, 0.1) is 0 Å². The van der Waals surface area contributed by atoms with Crippen LogP contribution >= 0.6 is 0 Å². The fourth-order valence-corrected chi connectivity index (χ4v) is 2.73. The zero-order valence-electron chi connectivity index (χ0n) is 13.6. The number of methoxy groups -OCH3 is 1. The molecule has 2 amide bonds. The highest BCUT2D eigenvalue weighted by molar-refractivity contribution is 6.04. The molecule has 1 aromatic heterocycles. The zero-order valence-corrected chi connectivity index (χ0v) is 13.6. The smallest absolute Gasteiger partial charge is 0.247 e. The normalized spacial score (nSPS) is 10.3. The molecule has 6 nitrogen and oxygen atoms in total. The third kappa shape index (κ3) is 3.23. The molecule has 0 bridgehead atoms. The molecule has 0 radical (unpaired) electrons. The van der Waals surface area contributed by atoms with E-state index >= 15 is 0 Å². The third-order valence-electron chi connectivity index (χ3n) is 3.84. The van der Waals surface area contributed by atoms with Crippen LogP contribution in [0.1, 0.15) is 0 Å². The van der Waals surface area contributed by atoms with Crippen molar-refractivity contribution in [3.05, 3.63) is 55.3 Å². The molecule has 0 aliphatic rings. The van der Waals surface area contributed by atoms with Crippen molar-refractivity contribution in [3.63, 3.8) is 0 Å². The second-order valence-electron chi connectivity index (χ2n) is 5.33. The molecule has 25 heavy (non-hydrogen) atoms. The van der Waals surface area contributed by atoms with E-state index in [0.29, 0.717) is 23.5 Å². The Kier molecular flexibility index (Phi) is 4.52. The summed E-state index contributed by atoms with van der Waals surface area (Å²) in [5.41, 5.74) is 3.95. The second kappa shape index (κ2) is 6.92. The fourth-order valence-electron chi connectivity index (χ4n) is 2.73. The number of rotatable bonds is 6. The van der Waals surface area contributed by atoms with Crippen LogP contribution in [0.15, 0.2) is 55.3 Å². The minimum Gasteiger partial charge on any atom is -0.497 e. The van der Waals surface area contributed by atoms with E-state index in [1.807, 2.05) is 36.5 Å². The second-order valence-corrected chi connectivity index (χ2v) is 5.33. The minimum atomic E-state index is -0.295. The van der Waals surface area contributed by atoms with E-state index in [4.69, 9.17) is 4.74 Å². The molecule has 0 aliphatic carbocycles. The predicted molar refractivity (Wildman–Crippen MR) is 98.8 cm³/mol. The Bertz CT molecular complexity index is 960. The topological polar surface area (TPSA) is 83.2 Å². The number of aromatic nitrogens is 1. The lowest BCUT2D eigenvalue weighted by Gasteiger charge is -2.12. The number of anilines is 2. The molecular formula is C19H17N3O3. The van der Waals surface area contributed by atoms with Crippen LogP contribution in [0.5, 0.6) is 5.75 Å². The van der Waals surface area contributed by atoms with Gasteiger partial charge in [0.15, 0.2) is 0 Å². The van der Waals surface area contributed by atoms with Crippen molar-refractivity contribution in [1.29, 1.82) is 0 Å². The molecule has 3 aromatic rings. The number of nitrogens with one attached hydrogen (secondary N) is 3. The van der Waals surface area contributed by atoms with E-state index < -0.39 is 0 Å². The molecule has 1 heterocycles. The molecule has 126 valence electrons. The highest BCUT2D eigenvalue weighted by Gasteiger charge is 2.11. The van der Waals surface area contributed by atoms with E-state index in [9.17, 15) is 9.59 Å². The highest BCUT2D eigenvalue weighted by atomic mass is 16.5. The molecular weight excluding hydrogens is 318 g/mol. The van der Waals surface area contributed by atoms with Crippen LogP contribution in [0.4, 0.5) is 11.4 Å². The van der Waals surface area contributed by atoms with E-state index in [-0.39, 0.29) is 5.91 Å². The van der Waals surface area contributed by atoms with Gasteiger partial charge in [-0.05, 0) is 41.5 Å². The van der Waals surface area contributed by atoms with Gasteiger partial charge in [0.2, 0.25) is 12.3 Å². The summed E-state index contributed by atoms with van der Waals surface area (Å²) in [6.45, 7) is 3.46. The Morgan fingerprint density at radius 2 is 2.08 bits per heavy atom. The van der Waals surface area contributed by atoms with Gasteiger partial charge in [-0.3, -0.25) is 9.59 Å². The first-order valence-corrected chi connectivity index (χ1v) is 7.59. The molecule has 0 atom stereocenters. The van der Waals surface area contributed by atoms with Gasteiger partial charge < -0.3 is 20.4 Å². The number of hydrogen-bond donors (Lipinski definition) is 3. The molecule has 0 unspecified atom stereocenters. The number of hydrogen-bond acceptors (Lipinski definition) is 3. The van der Waals surface area contributed by atoms with Crippen LogP contribution in [0.2, 0.25) is 0 Å². The number of carbonyl (C=O) groups excluding carboxylic acids is 2. The number of ether oxygens (including phenoxy) is 1. The summed E-state index contributed by atoms with van der Waals surface area (Å²) in [5.74, 6) is 0.326.